The topological polar surface area (TPSA) is 68.2 Å². The zero-order valence-electron chi connectivity index (χ0n) is 12.6. The lowest BCUT2D eigenvalue weighted by atomic mass is 9.78. The van der Waals surface area contributed by atoms with Gasteiger partial charge >= 0.3 is 0 Å². The standard InChI is InChI=1S/C15H26N4O/c1-11-4-3-5-14(12(11)2)18-15(20)10-19-7-6-17-9-13(19)8-16/h11-14,17H,3-7,9-10H2,1-2H3,(H,18,20). The Bertz CT molecular complexity index is 379. The molecule has 5 heteroatoms. The third kappa shape index (κ3) is 3.71. The van der Waals surface area contributed by atoms with Crippen molar-refractivity contribution in [2.45, 2.75) is 45.2 Å². The Morgan fingerprint density at radius 1 is 1.45 bits per heavy atom. The van der Waals surface area contributed by atoms with Gasteiger partial charge in [-0.05, 0) is 18.3 Å². The summed E-state index contributed by atoms with van der Waals surface area (Å²) in [6.07, 6.45) is 3.55. The smallest absolute Gasteiger partial charge is 0.234 e. The molecule has 1 heterocycles. The number of hydrogen-bond donors (Lipinski definition) is 2. The van der Waals surface area contributed by atoms with Crippen LogP contribution in [-0.4, -0.2) is 49.1 Å². The fraction of sp³-hybridized carbons (Fsp3) is 0.867. The normalized spacial score (nSPS) is 35.2. The largest absolute Gasteiger partial charge is 0.352 e. The average molecular weight is 278 g/mol. The van der Waals surface area contributed by atoms with Crippen molar-refractivity contribution < 1.29 is 4.79 Å². The zero-order chi connectivity index (χ0) is 14.5. The van der Waals surface area contributed by atoms with E-state index in [1.807, 2.05) is 4.90 Å². The van der Waals surface area contributed by atoms with Crippen LogP contribution in [0.4, 0.5) is 0 Å². The Balaban J connectivity index is 1.84. The monoisotopic (exact) mass is 278 g/mol. The van der Waals surface area contributed by atoms with E-state index in [-0.39, 0.29) is 11.9 Å². The summed E-state index contributed by atoms with van der Waals surface area (Å²) in [5.74, 6) is 1.29. The summed E-state index contributed by atoms with van der Waals surface area (Å²) in [4.78, 5) is 14.2. The van der Waals surface area contributed by atoms with Crippen molar-refractivity contribution in [1.82, 2.24) is 15.5 Å². The summed E-state index contributed by atoms with van der Waals surface area (Å²) in [7, 11) is 0. The second-order valence-electron chi connectivity index (χ2n) is 6.26. The highest BCUT2D eigenvalue weighted by molar-refractivity contribution is 5.78. The molecule has 1 saturated heterocycles. The predicted octanol–water partition coefficient (Wildman–Crippen LogP) is 0.725. The van der Waals surface area contributed by atoms with E-state index in [9.17, 15) is 4.79 Å². The highest BCUT2D eigenvalue weighted by Gasteiger charge is 2.29. The molecule has 112 valence electrons. The molecule has 0 aromatic carbocycles. The van der Waals surface area contributed by atoms with Gasteiger partial charge in [-0.15, -0.1) is 0 Å². The molecule has 20 heavy (non-hydrogen) atoms. The van der Waals surface area contributed by atoms with Crippen molar-refractivity contribution in [2.75, 3.05) is 26.2 Å². The quantitative estimate of drug-likeness (QED) is 0.798. The SMILES string of the molecule is CC1CCCC(NC(=O)CN2CCNCC2C#N)C1C. The minimum absolute atomic E-state index is 0.0677. The molecular weight excluding hydrogens is 252 g/mol. The maximum absolute atomic E-state index is 12.2. The molecule has 1 aliphatic heterocycles. The first-order valence-electron chi connectivity index (χ1n) is 7.75. The van der Waals surface area contributed by atoms with Gasteiger partial charge in [-0.1, -0.05) is 26.7 Å². The van der Waals surface area contributed by atoms with Crippen LogP contribution in [0.2, 0.25) is 0 Å². The number of amides is 1. The Morgan fingerprint density at radius 2 is 2.25 bits per heavy atom. The summed E-state index contributed by atoms with van der Waals surface area (Å²) < 4.78 is 0. The molecule has 2 aliphatic rings. The number of carbonyl (C=O) groups is 1. The van der Waals surface area contributed by atoms with Gasteiger partial charge in [0, 0.05) is 25.7 Å². The van der Waals surface area contributed by atoms with Gasteiger partial charge in [0.15, 0.2) is 0 Å². The predicted molar refractivity (Wildman–Crippen MR) is 78.0 cm³/mol. The zero-order valence-corrected chi connectivity index (χ0v) is 12.6. The molecule has 4 unspecified atom stereocenters. The summed E-state index contributed by atoms with van der Waals surface area (Å²) >= 11 is 0. The van der Waals surface area contributed by atoms with E-state index in [1.165, 1.54) is 12.8 Å². The molecule has 2 N–H and O–H groups in total. The fourth-order valence-corrected chi connectivity index (χ4v) is 3.29. The summed E-state index contributed by atoms with van der Waals surface area (Å²) in [6, 6.07) is 2.38. The molecule has 2 rings (SSSR count). The van der Waals surface area contributed by atoms with Crippen molar-refractivity contribution in [1.29, 1.82) is 5.26 Å². The van der Waals surface area contributed by atoms with Crippen LogP contribution in [0.15, 0.2) is 0 Å². The molecule has 2 fully saturated rings. The molecule has 5 nitrogen and oxygen atoms in total. The Hall–Kier alpha value is -1.12. The first-order chi connectivity index (χ1) is 9.61. The van der Waals surface area contributed by atoms with Crippen LogP contribution >= 0.6 is 0 Å². The van der Waals surface area contributed by atoms with Crippen molar-refractivity contribution in [3.8, 4) is 6.07 Å². The van der Waals surface area contributed by atoms with Crippen LogP contribution < -0.4 is 10.6 Å². The molecule has 1 amide bonds. The van der Waals surface area contributed by atoms with E-state index in [4.69, 9.17) is 5.26 Å². The molecule has 1 aliphatic carbocycles. The van der Waals surface area contributed by atoms with Crippen molar-refractivity contribution in [3.63, 3.8) is 0 Å². The number of nitrogens with one attached hydrogen (secondary N) is 2. The Labute approximate surface area is 121 Å². The van der Waals surface area contributed by atoms with Crippen LogP contribution in [0, 0.1) is 23.2 Å². The molecule has 4 atom stereocenters. The minimum Gasteiger partial charge on any atom is -0.352 e. The first kappa shape index (κ1) is 15.3. The first-order valence-corrected chi connectivity index (χ1v) is 7.75. The van der Waals surface area contributed by atoms with Gasteiger partial charge < -0.3 is 10.6 Å². The Kier molecular flexibility index (Phi) is 5.38. The van der Waals surface area contributed by atoms with E-state index in [1.54, 1.807) is 0 Å². The van der Waals surface area contributed by atoms with Crippen LogP contribution in [-0.2, 0) is 4.79 Å². The lowest BCUT2D eigenvalue weighted by molar-refractivity contribution is -0.124. The molecule has 0 radical (unpaired) electrons. The molecule has 0 aromatic heterocycles. The number of nitriles is 1. The van der Waals surface area contributed by atoms with Crippen LogP contribution in [0.1, 0.15) is 33.1 Å². The van der Waals surface area contributed by atoms with E-state index in [0.29, 0.717) is 31.0 Å². The van der Waals surface area contributed by atoms with Crippen molar-refractivity contribution in [3.05, 3.63) is 0 Å². The van der Waals surface area contributed by atoms with Gasteiger partial charge in [-0.3, -0.25) is 9.69 Å². The van der Waals surface area contributed by atoms with Crippen LogP contribution in [0.25, 0.3) is 0 Å². The fourth-order valence-electron chi connectivity index (χ4n) is 3.29. The van der Waals surface area contributed by atoms with Gasteiger partial charge in [0.1, 0.15) is 6.04 Å². The average Bonchev–Trinajstić information content (AvgIpc) is 2.44. The van der Waals surface area contributed by atoms with Gasteiger partial charge in [0.2, 0.25) is 5.91 Å². The second-order valence-corrected chi connectivity index (χ2v) is 6.26. The summed E-state index contributed by atoms with van der Waals surface area (Å²) in [5.41, 5.74) is 0. The van der Waals surface area contributed by atoms with Crippen LogP contribution in [0.5, 0.6) is 0 Å². The maximum atomic E-state index is 12.2. The van der Waals surface area contributed by atoms with Crippen molar-refractivity contribution >= 4 is 5.91 Å². The maximum Gasteiger partial charge on any atom is 0.234 e. The van der Waals surface area contributed by atoms with Gasteiger partial charge in [0.25, 0.3) is 0 Å². The summed E-state index contributed by atoms with van der Waals surface area (Å²) in [6.45, 7) is 7.12. The molecule has 0 bridgehead atoms. The van der Waals surface area contributed by atoms with E-state index in [2.05, 4.69) is 30.6 Å². The van der Waals surface area contributed by atoms with Crippen molar-refractivity contribution in [2.24, 2.45) is 11.8 Å². The number of carbonyl (C=O) groups excluding carboxylic acids is 1. The third-order valence-electron chi connectivity index (χ3n) is 4.90. The van der Waals surface area contributed by atoms with E-state index >= 15 is 0 Å². The highest BCUT2D eigenvalue weighted by Crippen LogP contribution is 2.29. The number of rotatable bonds is 3. The van der Waals surface area contributed by atoms with E-state index in [0.717, 1.165) is 19.5 Å². The highest BCUT2D eigenvalue weighted by atomic mass is 16.2. The number of nitrogens with zero attached hydrogens (tertiary/aromatic N) is 2. The number of piperazine rings is 1. The van der Waals surface area contributed by atoms with Gasteiger partial charge in [0.05, 0.1) is 12.6 Å². The van der Waals surface area contributed by atoms with Gasteiger partial charge in [-0.25, -0.2) is 0 Å². The molecule has 0 aromatic rings. The minimum atomic E-state index is -0.183. The Morgan fingerprint density at radius 3 is 3.00 bits per heavy atom. The lowest BCUT2D eigenvalue weighted by Crippen LogP contribution is -2.55. The van der Waals surface area contributed by atoms with Crippen LogP contribution in [0.3, 0.4) is 0 Å². The molecule has 1 saturated carbocycles. The van der Waals surface area contributed by atoms with Gasteiger partial charge in [-0.2, -0.15) is 5.26 Å². The van der Waals surface area contributed by atoms with E-state index < -0.39 is 0 Å². The third-order valence-corrected chi connectivity index (χ3v) is 4.90. The molecule has 0 spiro atoms. The lowest BCUT2D eigenvalue weighted by Gasteiger charge is -2.36. The summed E-state index contributed by atoms with van der Waals surface area (Å²) in [5, 5.41) is 15.5. The molecular formula is C15H26N4O. The number of hydrogen-bond acceptors (Lipinski definition) is 4. The second kappa shape index (κ2) is 7.05.